The maximum absolute atomic E-state index is 12.7. The molecule has 0 spiro atoms. The minimum atomic E-state index is -0.382. The molecule has 0 bridgehead atoms. The molecule has 1 aromatic heterocycles. The van der Waals surface area contributed by atoms with E-state index in [0.29, 0.717) is 24.2 Å². The Morgan fingerprint density at radius 2 is 1.58 bits per heavy atom. The van der Waals surface area contributed by atoms with Crippen LogP contribution in [0.4, 0.5) is 5.69 Å². The number of para-hydroxylation sites is 1. The van der Waals surface area contributed by atoms with E-state index in [0.717, 1.165) is 28.6 Å². The van der Waals surface area contributed by atoms with Gasteiger partial charge in [-0.2, -0.15) is 0 Å². The number of rotatable bonds is 7. The minimum Gasteiger partial charge on any atom is -0.423 e. The van der Waals surface area contributed by atoms with Gasteiger partial charge in [-0.15, -0.1) is 0 Å². The number of carbonyl (C=O) groups is 1. The zero-order valence-electron chi connectivity index (χ0n) is 17.4. The standard InChI is InChI=1S/C26H24N2O3/c1-28(26(30)21-14-12-20(13-15-21)19-8-3-2-4-9-19)17-7-16-27-23-18-25(29)31-24-11-6-5-10-22(23)24/h2-6,8-15,18,27H,7,16-17H2,1H3. The normalized spacial score (nSPS) is 10.7. The van der Waals surface area contributed by atoms with Crippen molar-refractivity contribution in [3.8, 4) is 11.1 Å². The molecule has 0 radical (unpaired) electrons. The van der Waals surface area contributed by atoms with Crippen LogP contribution >= 0.6 is 0 Å². The first-order valence-corrected chi connectivity index (χ1v) is 10.3. The van der Waals surface area contributed by atoms with Gasteiger partial charge in [0.25, 0.3) is 5.91 Å². The third kappa shape index (κ3) is 4.83. The fourth-order valence-electron chi connectivity index (χ4n) is 3.55. The molecule has 3 aromatic carbocycles. The van der Waals surface area contributed by atoms with Crippen LogP contribution in [-0.4, -0.2) is 30.9 Å². The number of nitrogens with zero attached hydrogens (tertiary/aromatic N) is 1. The second kappa shape index (κ2) is 9.30. The second-order valence-electron chi connectivity index (χ2n) is 7.43. The van der Waals surface area contributed by atoms with Crippen molar-refractivity contribution in [3.05, 3.63) is 101 Å². The molecule has 0 saturated heterocycles. The smallest absolute Gasteiger partial charge is 0.338 e. The first-order chi connectivity index (χ1) is 15.1. The van der Waals surface area contributed by atoms with Gasteiger partial charge in [-0.1, -0.05) is 54.6 Å². The Labute approximate surface area is 180 Å². The van der Waals surface area contributed by atoms with E-state index in [4.69, 9.17) is 4.42 Å². The third-order valence-electron chi connectivity index (χ3n) is 5.22. The fourth-order valence-corrected chi connectivity index (χ4v) is 3.55. The number of benzene rings is 3. The Kier molecular flexibility index (Phi) is 6.13. The Bertz CT molecular complexity index is 1230. The first kappa shape index (κ1) is 20.4. The lowest BCUT2D eigenvalue weighted by Crippen LogP contribution is -2.28. The largest absolute Gasteiger partial charge is 0.423 e. The Hall–Kier alpha value is -3.86. The van der Waals surface area contributed by atoms with E-state index in [1.807, 2.05) is 60.7 Å². The van der Waals surface area contributed by atoms with E-state index in [-0.39, 0.29) is 11.5 Å². The van der Waals surface area contributed by atoms with Gasteiger partial charge in [-0.25, -0.2) is 4.79 Å². The molecular weight excluding hydrogens is 388 g/mol. The van der Waals surface area contributed by atoms with Crippen LogP contribution in [0.25, 0.3) is 22.1 Å². The molecule has 0 aliphatic carbocycles. The summed E-state index contributed by atoms with van der Waals surface area (Å²) in [5, 5.41) is 4.16. The fraction of sp³-hybridized carbons (Fsp3) is 0.154. The molecule has 4 aromatic rings. The van der Waals surface area contributed by atoms with Gasteiger partial charge >= 0.3 is 5.63 Å². The molecule has 4 rings (SSSR count). The Balaban J connectivity index is 1.32. The highest BCUT2D eigenvalue weighted by Crippen LogP contribution is 2.21. The number of anilines is 1. The molecule has 1 heterocycles. The van der Waals surface area contributed by atoms with Crippen LogP contribution in [0.2, 0.25) is 0 Å². The lowest BCUT2D eigenvalue weighted by atomic mass is 10.0. The highest BCUT2D eigenvalue weighted by atomic mass is 16.4. The molecule has 0 aliphatic heterocycles. The average Bonchev–Trinajstić information content (AvgIpc) is 2.81. The molecule has 0 saturated carbocycles. The van der Waals surface area contributed by atoms with Gasteiger partial charge in [0.1, 0.15) is 5.58 Å². The van der Waals surface area contributed by atoms with E-state index >= 15 is 0 Å². The summed E-state index contributed by atoms with van der Waals surface area (Å²) >= 11 is 0. The van der Waals surface area contributed by atoms with Crippen molar-refractivity contribution < 1.29 is 9.21 Å². The van der Waals surface area contributed by atoms with Crippen molar-refractivity contribution in [1.29, 1.82) is 0 Å². The van der Waals surface area contributed by atoms with Crippen LogP contribution in [-0.2, 0) is 0 Å². The quantitative estimate of drug-likeness (QED) is 0.341. The predicted molar refractivity (Wildman–Crippen MR) is 124 cm³/mol. The van der Waals surface area contributed by atoms with Crippen molar-refractivity contribution in [2.24, 2.45) is 0 Å². The molecular formula is C26H24N2O3. The predicted octanol–water partition coefficient (Wildman–Crippen LogP) is 5.03. The summed E-state index contributed by atoms with van der Waals surface area (Å²) in [6, 6.07) is 26.7. The molecule has 5 nitrogen and oxygen atoms in total. The number of fused-ring (bicyclic) bond motifs is 1. The Morgan fingerprint density at radius 1 is 0.903 bits per heavy atom. The van der Waals surface area contributed by atoms with Gasteiger partial charge in [0.05, 0.1) is 5.69 Å². The van der Waals surface area contributed by atoms with Gasteiger partial charge in [-0.3, -0.25) is 4.79 Å². The van der Waals surface area contributed by atoms with E-state index in [1.54, 1.807) is 18.0 Å². The van der Waals surface area contributed by atoms with E-state index in [1.165, 1.54) is 6.07 Å². The van der Waals surface area contributed by atoms with Crippen LogP contribution in [0.3, 0.4) is 0 Å². The van der Waals surface area contributed by atoms with Crippen molar-refractivity contribution in [2.45, 2.75) is 6.42 Å². The van der Waals surface area contributed by atoms with Crippen molar-refractivity contribution in [3.63, 3.8) is 0 Å². The van der Waals surface area contributed by atoms with Crippen molar-refractivity contribution >= 4 is 22.6 Å². The van der Waals surface area contributed by atoms with Gasteiger partial charge in [0.2, 0.25) is 0 Å². The Morgan fingerprint density at radius 3 is 2.35 bits per heavy atom. The molecule has 0 unspecified atom stereocenters. The highest BCUT2D eigenvalue weighted by Gasteiger charge is 2.12. The van der Waals surface area contributed by atoms with E-state index < -0.39 is 0 Å². The summed E-state index contributed by atoms with van der Waals surface area (Å²) < 4.78 is 5.22. The third-order valence-corrected chi connectivity index (χ3v) is 5.22. The number of amides is 1. The number of hydrogen-bond donors (Lipinski definition) is 1. The SMILES string of the molecule is CN(CCCNc1cc(=O)oc2ccccc12)C(=O)c1ccc(-c2ccccc2)cc1. The van der Waals surface area contributed by atoms with Crippen LogP contribution in [0, 0.1) is 0 Å². The van der Waals surface area contributed by atoms with Gasteiger partial charge in [-0.05, 0) is 41.8 Å². The van der Waals surface area contributed by atoms with Crippen molar-refractivity contribution in [1.82, 2.24) is 4.90 Å². The highest BCUT2D eigenvalue weighted by molar-refractivity contribution is 5.94. The molecule has 0 aliphatic rings. The topological polar surface area (TPSA) is 62.6 Å². The zero-order valence-corrected chi connectivity index (χ0v) is 17.4. The molecule has 1 N–H and O–H groups in total. The summed E-state index contributed by atoms with van der Waals surface area (Å²) in [6.07, 6.45) is 0.749. The van der Waals surface area contributed by atoms with Crippen LogP contribution in [0.1, 0.15) is 16.8 Å². The summed E-state index contributed by atoms with van der Waals surface area (Å²) in [5.74, 6) is -0.00887. The molecule has 156 valence electrons. The lowest BCUT2D eigenvalue weighted by molar-refractivity contribution is 0.0794. The van der Waals surface area contributed by atoms with E-state index in [2.05, 4.69) is 17.4 Å². The minimum absolute atomic E-state index is 0.00887. The number of nitrogens with one attached hydrogen (secondary N) is 1. The van der Waals surface area contributed by atoms with Gasteiger partial charge in [0.15, 0.2) is 0 Å². The van der Waals surface area contributed by atoms with E-state index in [9.17, 15) is 9.59 Å². The summed E-state index contributed by atoms with van der Waals surface area (Å²) in [6.45, 7) is 1.24. The zero-order chi connectivity index (χ0) is 21.6. The van der Waals surface area contributed by atoms with Crippen molar-refractivity contribution in [2.75, 3.05) is 25.5 Å². The molecule has 1 amide bonds. The van der Waals surface area contributed by atoms with Crippen LogP contribution in [0.15, 0.2) is 94.1 Å². The first-order valence-electron chi connectivity index (χ1n) is 10.3. The van der Waals surface area contributed by atoms with Gasteiger partial charge < -0.3 is 14.6 Å². The maximum Gasteiger partial charge on any atom is 0.338 e. The van der Waals surface area contributed by atoms with Crippen LogP contribution < -0.4 is 10.9 Å². The summed E-state index contributed by atoms with van der Waals surface area (Å²) in [7, 11) is 1.81. The summed E-state index contributed by atoms with van der Waals surface area (Å²) in [5.41, 5.74) is 3.81. The van der Waals surface area contributed by atoms with Crippen LogP contribution in [0.5, 0.6) is 0 Å². The second-order valence-corrected chi connectivity index (χ2v) is 7.43. The monoisotopic (exact) mass is 412 g/mol. The van der Waals surface area contributed by atoms with Gasteiger partial charge in [0, 0.05) is 37.2 Å². The molecule has 5 heteroatoms. The number of carbonyl (C=O) groups excluding carboxylic acids is 1. The average molecular weight is 412 g/mol. The molecule has 0 atom stereocenters. The molecule has 31 heavy (non-hydrogen) atoms. The number of hydrogen-bond acceptors (Lipinski definition) is 4. The summed E-state index contributed by atoms with van der Waals surface area (Å²) in [4.78, 5) is 26.2. The maximum atomic E-state index is 12.7. The lowest BCUT2D eigenvalue weighted by Gasteiger charge is -2.18. The molecule has 0 fully saturated rings.